The first-order chi connectivity index (χ1) is 12.8. The summed E-state index contributed by atoms with van der Waals surface area (Å²) in [7, 11) is 0. The van der Waals surface area contributed by atoms with Crippen LogP contribution in [0, 0.1) is 19.7 Å². The summed E-state index contributed by atoms with van der Waals surface area (Å²) in [4.78, 5) is 23.7. The number of H-pyrrole nitrogens is 1. The van der Waals surface area contributed by atoms with Crippen LogP contribution in [0.2, 0.25) is 0 Å². The number of carboxylic acid groups (broad SMARTS) is 1. The molecule has 28 heavy (non-hydrogen) atoms. The van der Waals surface area contributed by atoms with Crippen molar-refractivity contribution in [3.05, 3.63) is 34.3 Å². The lowest BCUT2D eigenvalue weighted by Crippen LogP contribution is -2.21. The molecule has 1 aliphatic rings. The van der Waals surface area contributed by atoms with Gasteiger partial charge in [0.25, 0.3) is 5.91 Å². The second-order valence-corrected chi connectivity index (χ2v) is 6.88. The number of aromatic amines is 1. The quantitative estimate of drug-likeness (QED) is 0.575. The summed E-state index contributed by atoms with van der Waals surface area (Å²) in [6.07, 6.45) is -2.51. The predicted octanol–water partition coefficient (Wildman–Crippen LogP) is 3.25. The van der Waals surface area contributed by atoms with E-state index in [-0.39, 0.29) is 23.3 Å². The topological polar surface area (TPSA) is 122 Å². The first-order valence-corrected chi connectivity index (χ1v) is 8.51. The van der Waals surface area contributed by atoms with Gasteiger partial charge in [-0.05, 0) is 50.7 Å². The summed E-state index contributed by atoms with van der Waals surface area (Å²) >= 11 is 0. The van der Waals surface area contributed by atoms with Gasteiger partial charge in [0.05, 0.1) is 11.1 Å². The van der Waals surface area contributed by atoms with Crippen molar-refractivity contribution in [1.29, 1.82) is 0 Å². The van der Waals surface area contributed by atoms with E-state index in [1.165, 1.54) is 6.07 Å². The molecule has 0 spiro atoms. The van der Waals surface area contributed by atoms with Gasteiger partial charge >= 0.3 is 12.1 Å². The van der Waals surface area contributed by atoms with Crippen LogP contribution >= 0.6 is 0 Å². The third-order valence-corrected chi connectivity index (χ3v) is 4.96. The second kappa shape index (κ2) is 7.78. The number of nitrogens with two attached hydrogens (primary N) is 2. The first-order valence-electron chi connectivity index (χ1n) is 8.51. The molecule has 1 aromatic heterocycles. The molecule has 1 amide bonds. The minimum absolute atomic E-state index is 0.110. The zero-order valence-electron chi connectivity index (χ0n) is 15.3. The van der Waals surface area contributed by atoms with Crippen LogP contribution in [-0.4, -0.2) is 34.2 Å². The Balaban J connectivity index is 0.000000345. The van der Waals surface area contributed by atoms with Crippen LogP contribution in [0.25, 0.3) is 10.9 Å². The lowest BCUT2D eigenvalue weighted by molar-refractivity contribution is -0.192. The molecule has 1 fully saturated rings. The molecule has 0 aliphatic heterocycles. The number of aryl methyl sites for hydroxylation is 2. The average molecular weight is 403 g/mol. The number of carboxylic acids is 1. The van der Waals surface area contributed by atoms with Gasteiger partial charge in [-0.3, -0.25) is 4.79 Å². The van der Waals surface area contributed by atoms with E-state index in [4.69, 9.17) is 21.4 Å². The summed E-state index contributed by atoms with van der Waals surface area (Å²) < 4.78 is 46.4. The largest absolute Gasteiger partial charge is 0.490 e. The maximum absolute atomic E-state index is 14.6. The monoisotopic (exact) mass is 403 g/mol. The zero-order valence-corrected chi connectivity index (χ0v) is 15.3. The smallest absolute Gasteiger partial charge is 0.475 e. The molecule has 1 heterocycles. The molecule has 10 heteroatoms. The van der Waals surface area contributed by atoms with Crippen LogP contribution < -0.4 is 11.5 Å². The minimum Gasteiger partial charge on any atom is -0.475 e. The van der Waals surface area contributed by atoms with E-state index in [0.29, 0.717) is 11.1 Å². The maximum atomic E-state index is 14.6. The molecule has 1 unspecified atom stereocenters. The third kappa shape index (κ3) is 4.27. The van der Waals surface area contributed by atoms with E-state index in [1.807, 2.05) is 13.8 Å². The highest BCUT2D eigenvalue weighted by Crippen LogP contribution is 2.41. The van der Waals surface area contributed by atoms with Crippen LogP contribution in [0.3, 0.4) is 0 Å². The van der Waals surface area contributed by atoms with E-state index in [9.17, 15) is 22.4 Å². The van der Waals surface area contributed by atoms with E-state index in [1.54, 1.807) is 0 Å². The number of halogens is 4. The molecular formula is C18H21F4N3O3. The third-order valence-electron chi connectivity index (χ3n) is 4.96. The Hall–Kier alpha value is -2.62. The van der Waals surface area contributed by atoms with Crippen molar-refractivity contribution in [3.63, 3.8) is 0 Å². The number of hydrogen-bond donors (Lipinski definition) is 4. The Kier molecular flexibility index (Phi) is 6.03. The molecule has 1 saturated carbocycles. The zero-order chi connectivity index (χ0) is 21.4. The van der Waals surface area contributed by atoms with Crippen LogP contribution in [-0.2, 0) is 4.79 Å². The fourth-order valence-electron chi connectivity index (χ4n) is 3.53. The number of benzene rings is 1. The van der Waals surface area contributed by atoms with Gasteiger partial charge < -0.3 is 21.6 Å². The van der Waals surface area contributed by atoms with Gasteiger partial charge in [0, 0.05) is 22.7 Å². The molecule has 0 saturated heterocycles. The number of hydrogen-bond acceptors (Lipinski definition) is 3. The number of carbonyl (C=O) groups excluding carboxylic acids is 1. The van der Waals surface area contributed by atoms with Crippen molar-refractivity contribution in [1.82, 2.24) is 4.98 Å². The van der Waals surface area contributed by atoms with E-state index < -0.39 is 18.1 Å². The fraction of sp³-hybridized carbons (Fsp3) is 0.444. The highest BCUT2D eigenvalue weighted by molar-refractivity contribution is 6.07. The maximum Gasteiger partial charge on any atom is 0.490 e. The Morgan fingerprint density at radius 1 is 1.25 bits per heavy atom. The Morgan fingerprint density at radius 2 is 1.82 bits per heavy atom. The molecule has 154 valence electrons. The van der Waals surface area contributed by atoms with Gasteiger partial charge in [-0.15, -0.1) is 0 Å². The Labute approximate surface area is 157 Å². The summed E-state index contributed by atoms with van der Waals surface area (Å²) in [5, 5.41) is 7.93. The lowest BCUT2D eigenvalue weighted by Gasteiger charge is -2.15. The van der Waals surface area contributed by atoms with Gasteiger partial charge in [0.2, 0.25) is 0 Å². The van der Waals surface area contributed by atoms with Crippen LogP contribution in [0.1, 0.15) is 52.4 Å². The van der Waals surface area contributed by atoms with Gasteiger partial charge in [-0.1, -0.05) is 0 Å². The molecule has 2 atom stereocenters. The number of primary amides is 1. The number of rotatable bonds is 2. The van der Waals surface area contributed by atoms with Gasteiger partial charge in [-0.25, -0.2) is 9.18 Å². The minimum atomic E-state index is -5.08. The van der Waals surface area contributed by atoms with Crippen molar-refractivity contribution in [3.8, 4) is 0 Å². The average Bonchev–Trinajstić information content (AvgIpc) is 3.11. The number of aromatic nitrogens is 1. The highest BCUT2D eigenvalue weighted by atomic mass is 19.4. The van der Waals surface area contributed by atoms with E-state index in [0.717, 1.165) is 35.9 Å². The molecule has 3 rings (SSSR count). The predicted molar refractivity (Wildman–Crippen MR) is 94.5 cm³/mol. The van der Waals surface area contributed by atoms with Crippen molar-refractivity contribution >= 4 is 22.8 Å². The highest BCUT2D eigenvalue weighted by Gasteiger charge is 2.38. The molecule has 2 aromatic rings. The number of amides is 1. The van der Waals surface area contributed by atoms with E-state index in [2.05, 4.69) is 4.98 Å². The van der Waals surface area contributed by atoms with Crippen molar-refractivity contribution in [2.75, 3.05) is 0 Å². The number of aliphatic carboxylic acids is 1. The van der Waals surface area contributed by atoms with Crippen molar-refractivity contribution in [2.45, 2.75) is 51.2 Å². The van der Waals surface area contributed by atoms with Crippen LogP contribution in [0.15, 0.2) is 6.07 Å². The SMILES string of the molecule is Cc1[nH]c2c(C(N)=O)cc(F)c(C3CC[C@H](N)C3)c2c1C.O=C(O)C(F)(F)F. The molecule has 1 aliphatic carbocycles. The number of nitrogens with one attached hydrogen (secondary N) is 1. The van der Waals surface area contributed by atoms with Crippen LogP contribution in [0.4, 0.5) is 17.6 Å². The van der Waals surface area contributed by atoms with Crippen molar-refractivity contribution in [2.24, 2.45) is 11.5 Å². The van der Waals surface area contributed by atoms with Gasteiger partial charge in [0.15, 0.2) is 0 Å². The molecule has 0 radical (unpaired) electrons. The second-order valence-electron chi connectivity index (χ2n) is 6.88. The van der Waals surface area contributed by atoms with Gasteiger partial charge in [0.1, 0.15) is 5.82 Å². The molecule has 0 bridgehead atoms. The summed E-state index contributed by atoms with van der Waals surface area (Å²) in [5.41, 5.74) is 14.8. The number of fused-ring (bicyclic) bond motifs is 1. The normalized spacial score (nSPS) is 19.4. The summed E-state index contributed by atoms with van der Waals surface area (Å²) in [5.74, 6) is -3.61. The summed E-state index contributed by atoms with van der Waals surface area (Å²) in [6, 6.07) is 1.39. The molecular weight excluding hydrogens is 382 g/mol. The Morgan fingerprint density at radius 3 is 2.25 bits per heavy atom. The fourth-order valence-corrected chi connectivity index (χ4v) is 3.53. The van der Waals surface area contributed by atoms with Gasteiger partial charge in [-0.2, -0.15) is 13.2 Å². The molecule has 6 nitrogen and oxygen atoms in total. The first kappa shape index (κ1) is 21.7. The van der Waals surface area contributed by atoms with Crippen LogP contribution in [0.5, 0.6) is 0 Å². The molecule has 1 aromatic carbocycles. The standard InChI is InChI=1S/C16H20FN3O.C2HF3O2/c1-7-8(2)20-15-11(16(19)21)6-12(17)14(13(7)15)9-3-4-10(18)5-9;3-2(4,5)1(6)7/h6,9-10,20H,3-5,18H2,1-2H3,(H2,19,21);(H,6,7)/t9?,10-;/m0./s1. The van der Waals surface area contributed by atoms with Crippen molar-refractivity contribution < 1.29 is 32.3 Å². The summed E-state index contributed by atoms with van der Waals surface area (Å²) in [6.45, 7) is 3.86. The van der Waals surface area contributed by atoms with E-state index >= 15 is 0 Å². The Bertz CT molecular complexity index is 921. The molecule has 6 N–H and O–H groups in total. The lowest BCUT2D eigenvalue weighted by atomic mass is 9.90. The number of alkyl halides is 3. The number of carbonyl (C=O) groups is 2.